The van der Waals surface area contributed by atoms with Gasteiger partial charge >= 0.3 is 0 Å². The maximum absolute atomic E-state index is 11.3. The van der Waals surface area contributed by atoms with E-state index in [2.05, 4.69) is 15.4 Å². The van der Waals surface area contributed by atoms with Crippen molar-refractivity contribution in [2.75, 3.05) is 25.1 Å². The second-order valence-corrected chi connectivity index (χ2v) is 6.51. The third-order valence-corrected chi connectivity index (χ3v) is 4.15. The first-order chi connectivity index (χ1) is 13.7. The highest BCUT2D eigenvalue weighted by atomic mass is 16.5. The molecule has 28 heavy (non-hydrogen) atoms. The van der Waals surface area contributed by atoms with Gasteiger partial charge in [0.05, 0.1) is 19.4 Å². The Kier molecular flexibility index (Phi) is 6.60. The smallest absolute Gasteiger partial charge is 0.237 e. The molecule has 7 nitrogen and oxygen atoms in total. The number of imidazole rings is 1. The average molecular weight is 382 g/mol. The van der Waals surface area contributed by atoms with Crippen LogP contribution in [0.3, 0.4) is 0 Å². The maximum Gasteiger partial charge on any atom is 0.237 e. The number of nitrogens with one attached hydrogen (secondary N) is 1. The summed E-state index contributed by atoms with van der Waals surface area (Å²) < 4.78 is 12.7. The molecule has 0 bridgehead atoms. The van der Waals surface area contributed by atoms with Gasteiger partial charge in [0, 0.05) is 24.9 Å². The Labute approximate surface area is 164 Å². The summed E-state index contributed by atoms with van der Waals surface area (Å²) in [6.45, 7) is 8.03. The molecule has 7 heteroatoms. The van der Waals surface area contributed by atoms with Crippen LogP contribution in [-0.4, -0.2) is 40.1 Å². The first-order valence-electron chi connectivity index (χ1n) is 9.60. The van der Waals surface area contributed by atoms with Gasteiger partial charge < -0.3 is 14.8 Å². The molecule has 3 heterocycles. The molecule has 3 aromatic rings. The van der Waals surface area contributed by atoms with Crippen LogP contribution in [-0.2, 0) is 16.0 Å². The molecule has 0 unspecified atom stereocenters. The second kappa shape index (κ2) is 9.32. The summed E-state index contributed by atoms with van der Waals surface area (Å²) in [5.41, 5.74) is 1.67. The minimum atomic E-state index is 0.119. The third-order valence-electron chi connectivity index (χ3n) is 4.15. The zero-order chi connectivity index (χ0) is 19.9. The third kappa shape index (κ3) is 5.07. The Morgan fingerprint density at radius 2 is 2.11 bits per heavy atom. The van der Waals surface area contributed by atoms with Gasteiger partial charge in [-0.1, -0.05) is 26.0 Å². The molecule has 1 fully saturated rings. The van der Waals surface area contributed by atoms with Gasteiger partial charge in [0.1, 0.15) is 17.4 Å². The lowest BCUT2D eigenvalue weighted by molar-refractivity contribution is -0.116. The Hall–Kier alpha value is -2.93. The molecule has 4 rings (SSSR count). The van der Waals surface area contributed by atoms with Crippen LogP contribution in [0.15, 0.2) is 42.6 Å². The van der Waals surface area contributed by atoms with E-state index in [1.165, 1.54) is 0 Å². The van der Waals surface area contributed by atoms with Gasteiger partial charge in [-0.3, -0.25) is 4.79 Å². The number of benzene rings is 1. The molecule has 1 saturated heterocycles. The van der Waals surface area contributed by atoms with Crippen LogP contribution >= 0.6 is 0 Å². The van der Waals surface area contributed by atoms with E-state index in [9.17, 15) is 4.79 Å². The lowest BCUT2D eigenvalue weighted by atomic mass is 10.1. The molecule has 0 radical (unpaired) electrons. The number of fused-ring (bicyclic) bond motifs is 1. The van der Waals surface area contributed by atoms with Crippen molar-refractivity contribution >= 4 is 17.2 Å². The normalized spacial score (nSPS) is 13.4. The fraction of sp³-hybridized carbons (Fsp3) is 0.381. The summed E-state index contributed by atoms with van der Waals surface area (Å²) in [6.07, 6.45) is 2.24. The SMILES string of the molecule is CC.CC(=O)Cc1cccc(Oc2ccc3nc(NCC4COC4)cn3n2)c1. The Bertz CT molecular complexity index is 934. The van der Waals surface area contributed by atoms with E-state index in [0.29, 0.717) is 24.0 Å². The highest BCUT2D eigenvalue weighted by molar-refractivity contribution is 5.78. The van der Waals surface area contributed by atoms with E-state index >= 15 is 0 Å². The standard InChI is InChI=1S/C19H20N4O3.C2H6/c1-13(24)7-14-3-2-4-16(8-14)26-19-6-5-18-21-17(10-23(18)22-19)20-9-15-11-25-12-15;1-2/h2-6,8,10,15,20H,7,9,11-12H2,1H3;1-2H3. The molecule has 1 N–H and O–H groups in total. The van der Waals surface area contributed by atoms with Crippen molar-refractivity contribution in [2.24, 2.45) is 5.92 Å². The summed E-state index contributed by atoms with van der Waals surface area (Å²) >= 11 is 0. The van der Waals surface area contributed by atoms with Gasteiger partial charge in [-0.2, -0.15) is 0 Å². The molecule has 0 aliphatic carbocycles. The van der Waals surface area contributed by atoms with Crippen LogP contribution in [0.4, 0.5) is 5.82 Å². The van der Waals surface area contributed by atoms with E-state index in [4.69, 9.17) is 9.47 Å². The fourth-order valence-electron chi connectivity index (χ4n) is 2.78. The van der Waals surface area contributed by atoms with Crippen LogP contribution in [0.2, 0.25) is 0 Å². The molecular weight excluding hydrogens is 356 g/mol. The minimum absolute atomic E-state index is 0.119. The van der Waals surface area contributed by atoms with Crippen molar-refractivity contribution in [1.29, 1.82) is 0 Å². The van der Waals surface area contributed by atoms with E-state index in [1.54, 1.807) is 17.5 Å². The van der Waals surface area contributed by atoms with Crippen molar-refractivity contribution in [3.8, 4) is 11.6 Å². The van der Waals surface area contributed by atoms with E-state index in [1.807, 2.05) is 50.4 Å². The van der Waals surface area contributed by atoms with Crippen molar-refractivity contribution in [2.45, 2.75) is 27.2 Å². The molecule has 148 valence electrons. The molecular formula is C21H26N4O3. The molecule has 2 aromatic heterocycles. The molecule has 1 aliphatic rings. The summed E-state index contributed by atoms with van der Waals surface area (Å²) in [7, 11) is 0. The van der Waals surface area contributed by atoms with Crippen LogP contribution in [0.25, 0.3) is 5.65 Å². The predicted octanol–water partition coefficient (Wildman–Crippen LogP) is 3.74. The molecule has 1 aromatic carbocycles. The highest BCUT2D eigenvalue weighted by Gasteiger charge is 2.18. The number of anilines is 1. The van der Waals surface area contributed by atoms with Crippen LogP contribution < -0.4 is 10.1 Å². The number of Topliss-reactive ketones (excluding diaryl/α,β-unsaturated/α-hetero) is 1. The lowest BCUT2D eigenvalue weighted by Crippen LogP contribution is -2.33. The quantitative estimate of drug-likeness (QED) is 0.671. The maximum atomic E-state index is 11.3. The highest BCUT2D eigenvalue weighted by Crippen LogP contribution is 2.22. The predicted molar refractivity (Wildman–Crippen MR) is 108 cm³/mol. The zero-order valence-corrected chi connectivity index (χ0v) is 16.5. The van der Waals surface area contributed by atoms with Crippen molar-refractivity contribution in [1.82, 2.24) is 14.6 Å². The van der Waals surface area contributed by atoms with Gasteiger partial charge in [0.25, 0.3) is 0 Å². The van der Waals surface area contributed by atoms with Crippen molar-refractivity contribution in [3.63, 3.8) is 0 Å². The summed E-state index contributed by atoms with van der Waals surface area (Å²) in [4.78, 5) is 15.8. The Balaban J connectivity index is 0.00000109. The van der Waals surface area contributed by atoms with Crippen molar-refractivity contribution in [3.05, 3.63) is 48.2 Å². The van der Waals surface area contributed by atoms with Gasteiger partial charge in [0.15, 0.2) is 5.65 Å². The summed E-state index contributed by atoms with van der Waals surface area (Å²) in [6, 6.07) is 11.1. The first-order valence-corrected chi connectivity index (χ1v) is 9.60. The summed E-state index contributed by atoms with van der Waals surface area (Å²) in [5, 5.41) is 7.75. The van der Waals surface area contributed by atoms with Gasteiger partial charge in [-0.05, 0) is 30.7 Å². The molecule has 0 amide bonds. The van der Waals surface area contributed by atoms with Gasteiger partial charge in [-0.15, -0.1) is 5.10 Å². The van der Waals surface area contributed by atoms with Crippen LogP contribution in [0.1, 0.15) is 26.3 Å². The number of hydrogen-bond acceptors (Lipinski definition) is 6. The number of nitrogens with zero attached hydrogens (tertiary/aromatic N) is 3. The topological polar surface area (TPSA) is 77.8 Å². The van der Waals surface area contributed by atoms with Gasteiger partial charge in [-0.25, -0.2) is 9.50 Å². The average Bonchev–Trinajstić information content (AvgIpc) is 3.04. The largest absolute Gasteiger partial charge is 0.438 e. The molecule has 0 atom stereocenters. The first kappa shape index (κ1) is 19.8. The minimum Gasteiger partial charge on any atom is -0.438 e. The summed E-state index contributed by atoms with van der Waals surface area (Å²) in [5.74, 6) is 2.57. The number of ether oxygens (including phenoxy) is 2. The van der Waals surface area contributed by atoms with Crippen LogP contribution in [0, 0.1) is 5.92 Å². The van der Waals surface area contributed by atoms with Gasteiger partial charge in [0.2, 0.25) is 5.88 Å². The monoisotopic (exact) mass is 382 g/mol. The number of carbonyl (C=O) groups excluding carboxylic acids is 1. The lowest BCUT2D eigenvalue weighted by Gasteiger charge is -2.25. The number of hydrogen-bond donors (Lipinski definition) is 1. The number of aromatic nitrogens is 3. The van der Waals surface area contributed by atoms with E-state index in [0.717, 1.165) is 36.8 Å². The van der Waals surface area contributed by atoms with E-state index < -0.39 is 0 Å². The fourth-order valence-corrected chi connectivity index (χ4v) is 2.78. The second-order valence-electron chi connectivity index (χ2n) is 6.51. The molecule has 1 aliphatic heterocycles. The zero-order valence-electron chi connectivity index (χ0n) is 16.5. The Morgan fingerprint density at radius 3 is 2.82 bits per heavy atom. The number of ketones is 1. The molecule has 0 spiro atoms. The Morgan fingerprint density at radius 1 is 1.29 bits per heavy atom. The van der Waals surface area contributed by atoms with E-state index in [-0.39, 0.29) is 5.78 Å². The van der Waals surface area contributed by atoms with Crippen LogP contribution in [0.5, 0.6) is 11.6 Å². The molecule has 0 saturated carbocycles. The van der Waals surface area contributed by atoms with Crippen molar-refractivity contribution < 1.29 is 14.3 Å². The number of rotatable bonds is 7. The number of carbonyl (C=O) groups is 1.